The molecule has 180 valence electrons. The first-order valence-corrected chi connectivity index (χ1v) is 12.2. The highest BCUT2D eigenvalue weighted by molar-refractivity contribution is 7.89. The summed E-state index contributed by atoms with van der Waals surface area (Å²) in [4.78, 5) is 12.0. The largest absolute Gasteiger partial charge is 0.494 e. The van der Waals surface area contributed by atoms with Crippen LogP contribution in [0.5, 0.6) is 5.75 Å². The van der Waals surface area contributed by atoms with Gasteiger partial charge in [-0.2, -0.15) is 17.5 Å². The number of sulfonamides is 1. The van der Waals surface area contributed by atoms with Crippen LogP contribution in [0.25, 0.3) is 0 Å². The topological polar surface area (TPSA) is 75.7 Å². The van der Waals surface area contributed by atoms with E-state index in [-0.39, 0.29) is 24.9 Å². The molecule has 33 heavy (non-hydrogen) atoms. The SMILES string of the molecule is Cc1cccc(OCCCNC(=O)C2CCN(S(=O)(=O)c3cccc(C(F)(F)F)c3)CC2)c1. The Morgan fingerprint density at radius 1 is 1.12 bits per heavy atom. The molecular weight excluding hydrogens is 457 g/mol. The highest BCUT2D eigenvalue weighted by atomic mass is 32.2. The molecule has 0 aromatic heterocycles. The maximum atomic E-state index is 12.9. The number of hydrogen-bond donors (Lipinski definition) is 1. The Kier molecular flexibility index (Phi) is 8.01. The molecule has 0 bridgehead atoms. The summed E-state index contributed by atoms with van der Waals surface area (Å²) in [5.41, 5.74) is 0.0893. The zero-order valence-electron chi connectivity index (χ0n) is 18.3. The lowest BCUT2D eigenvalue weighted by Crippen LogP contribution is -2.43. The normalized spacial score (nSPS) is 15.9. The quantitative estimate of drug-likeness (QED) is 0.575. The molecule has 0 aliphatic carbocycles. The Morgan fingerprint density at radius 3 is 2.48 bits per heavy atom. The van der Waals surface area contributed by atoms with E-state index in [0.29, 0.717) is 38.5 Å². The predicted octanol–water partition coefficient (Wildman–Crippen LogP) is 4.00. The zero-order chi connectivity index (χ0) is 24.1. The zero-order valence-corrected chi connectivity index (χ0v) is 19.1. The molecule has 0 atom stereocenters. The summed E-state index contributed by atoms with van der Waals surface area (Å²) in [6, 6.07) is 11.4. The molecule has 2 aromatic rings. The number of rotatable bonds is 8. The lowest BCUT2D eigenvalue weighted by atomic mass is 9.97. The first kappa shape index (κ1) is 25.0. The van der Waals surface area contributed by atoms with Gasteiger partial charge in [0, 0.05) is 25.6 Å². The number of hydrogen-bond acceptors (Lipinski definition) is 4. The van der Waals surface area contributed by atoms with Gasteiger partial charge < -0.3 is 10.1 Å². The smallest absolute Gasteiger partial charge is 0.416 e. The Hall–Kier alpha value is -2.59. The molecule has 0 saturated carbocycles. The standard InChI is InChI=1S/C23H27F3N2O4S/c1-17-5-2-7-20(15-17)32-14-4-11-27-22(29)18-9-12-28(13-10-18)33(30,31)21-8-3-6-19(16-21)23(24,25)26/h2-3,5-8,15-16,18H,4,9-14H2,1H3,(H,27,29). The lowest BCUT2D eigenvalue weighted by Gasteiger charge is -2.30. The van der Waals surface area contributed by atoms with Gasteiger partial charge in [0.2, 0.25) is 15.9 Å². The average molecular weight is 485 g/mol. The van der Waals surface area contributed by atoms with E-state index < -0.39 is 26.7 Å². The summed E-state index contributed by atoms with van der Waals surface area (Å²) in [6.07, 6.45) is -3.38. The molecule has 1 saturated heterocycles. The van der Waals surface area contributed by atoms with Crippen LogP contribution in [0, 0.1) is 12.8 Å². The van der Waals surface area contributed by atoms with Gasteiger partial charge in [-0.15, -0.1) is 0 Å². The Balaban J connectivity index is 1.44. The first-order chi connectivity index (χ1) is 15.6. The number of piperidine rings is 1. The molecule has 1 aliphatic rings. The monoisotopic (exact) mass is 484 g/mol. The van der Waals surface area contributed by atoms with Gasteiger partial charge in [-0.3, -0.25) is 4.79 Å². The fourth-order valence-corrected chi connectivity index (χ4v) is 5.18. The molecule has 1 aliphatic heterocycles. The third-order valence-corrected chi connectivity index (χ3v) is 7.40. The van der Waals surface area contributed by atoms with Gasteiger partial charge in [-0.25, -0.2) is 8.42 Å². The van der Waals surface area contributed by atoms with Crippen LogP contribution < -0.4 is 10.1 Å². The van der Waals surface area contributed by atoms with Crippen molar-refractivity contribution in [2.75, 3.05) is 26.2 Å². The number of nitrogens with one attached hydrogen (secondary N) is 1. The van der Waals surface area contributed by atoms with Gasteiger partial charge in [0.1, 0.15) is 5.75 Å². The van der Waals surface area contributed by atoms with Gasteiger partial charge in [-0.05, 0) is 62.1 Å². The van der Waals surface area contributed by atoms with E-state index in [4.69, 9.17) is 4.74 Å². The number of halogens is 3. The molecule has 1 N–H and O–H groups in total. The van der Waals surface area contributed by atoms with Crippen molar-refractivity contribution in [1.29, 1.82) is 0 Å². The molecule has 0 unspecified atom stereocenters. The highest BCUT2D eigenvalue weighted by Gasteiger charge is 2.35. The minimum Gasteiger partial charge on any atom is -0.494 e. The first-order valence-electron chi connectivity index (χ1n) is 10.7. The average Bonchev–Trinajstić information content (AvgIpc) is 2.78. The van der Waals surface area contributed by atoms with Crippen LogP contribution in [-0.4, -0.2) is 44.9 Å². The minimum absolute atomic E-state index is 0.0765. The number of nitrogens with zero attached hydrogens (tertiary/aromatic N) is 1. The van der Waals surface area contributed by atoms with E-state index in [2.05, 4.69) is 5.32 Å². The van der Waals surface area contributed by atoms with Crippen LogP contribution in [0.1, 0.15) is 30.4 Å². The molecule has 1 heterocycles. The van der Waals surface area contributed by atoms with Crippen molar-refractivity contribution in [3.05, 3.63) is 59.7 Å². The second kappa shape index (κ2) is 10.6. The molecule has 3 rings (SSSR count). The summed E-state index contributed by atoms with van der Waals surface area (Å²) < 4.78 is 71.1. The number of alkyl halides is 3. The molecule has 10 heteroatoms. The molecule has 2 aromatic carbocycles. The van der Waals surface area contributed by atoms with Gasteiger partial charge in [0.25, 0.3) is 0 Å². The van der Waals surface area contributed by atoms with Crippen molar-refractivity contribution in [3.63, 3.8) is 0 Å². The van der Waals surface area contributed by atoms with Gasteiger partial charge in [0.05, 0.1) is 17.1 Å². The maximum Gasteiger partial charge on any atom is 0.416 e. The third kappa shape index (κ3) is 6.70. The second-order valence-corrected chi connectivity index (χ2v) is 9.95. The van der Waals surface area contributed by atoms with Crippen molar-refractivity contribution >= 4 is 15.9 Å². The van der Waals surface area contributed by atoms with Crippen molar-refractivity contribution in [2.45, 2.75) is 37.3 Å². The van der Waals surface area contributed by atoms with Crippen molar-refractivity contribution in [1.82, 2.24) is 9.62 Å². The maximum absolute atomic E-state index is 12.9. The molecule has 0 radical (unpaired) electrons. The van der Waals surface area contributed by atoms with E-state index in [1.54, 1.807) is 0 Å². The fourth-order valence-electron chi connectivity index (χ4n) is 3.66. The fraction of sp³-hybridized carbons (Fsp3) is 0.435. The van der Waals surface area contributed by atoms with Crippen LogP contribution in [-0.2, 0) is 21.0 Å². The summed E-state index contributed by atoms with van der Waals surface area (Å²) in [7, 11) is -4.06. The number of carbonyl (C=O) groups is 1. The van der Waals surface area contributed by atoms with Crippen molar-refractivity contribution < 1.29 is 31.1 Å². The number of carbonyl (C=O) groups excluding carboxylic acids is 1. The van der Waals surface area contributed by atoms with E-state index in [1.807, 2.05) is 31.2 Å². The second-order valence-electron chi connectivity index (χ2n) is 8.01. The van der Waals surface area contributed by atoms with Gasteiger partial charge in [0.15, 0.2) is 0 Å². The molecular formula is C23H27F3N2O4S. The molecule has 1 fully saturated rings. The predicted molar refractivity (Wildman–Crippen MR) is 117 cm³/mol. The summed E-state index contributed by atoms with van der Waals surface area (Å²) in [5.74, 6) is 0.285. The number of benzene rings is 2. The van der Waals surface area contributed by atoms with Crippen LogP contribution in [0.3, 0.4) is 0 Å². The number of aryl methyl sites for hydroxylation is 1. The Morgan fingerprint density at radius 2 is 1.82 bits per heavy atom. The van der Waals surface area contributed by atoms with Crippen molar-refractivity contribution in [2.24, 2.45) is 5.92 Å². The summed E-state index contributed by atoms with van der Waals surface area (Å²) in [5, 5.41) is 2.85. The van der Waals surface area contributed by atoms with Gasteiger partial charge in [-0.1, -0.05) is 18.2 Å². The van der Waals surface area contributed by atoms with Crippen molar-refractivity contribution in [3.8, 4) is 5.75 Å². The van der Waals surface area contributed by atoms with E-state index in [1.165, 1.54) is 0 Å². The van der Waals surface area contributed by atoms with Crippen LogP contribution in [0.2, 0.25) is 0 Å². The Labute approximate surface area is 191 Å². The lowest BCUT2D eigenvalue weighted by molar-refractivity contribution is -0.137. The van der Waals surface area contributed by atoms with Gasteiger partial charge >= 0.3 is 6.18 Å². The number of ether oxygens (including phenoxy) is 1. The summed E-state index contributed by atoms with van der Waals surface area (Å²) >= 11 is 0. The highest BCUT2D eigenvalue weighted by Crippen LogP contribution is 2.32. The molecule has 1 amide bonds. The molecule has 6 nitrogen and oxygen atoms in total. The van der Waals surface area contributed by atoms with E-state index >= 15 is 0 Å². The Bertz CT molecular complexity index is 1070. The molecule has 0 spiro atoms. The van der Waals surface area contributed by atoms with Crippen LogP contribution in [0.15, 0.2) is 53.4 Å². The third-order valence-electron chi connectivity index (χ3n) is 5.50. The van der Waals surface area contributed by atoms with E-state index in [0.717, 1.165) is 33.8 Å². The number of amides is 1. The van der Waals surface area contributed by atoms with E-state index in [9.17, 15) is 26.4 Å². The summed E-state index contributed by atoms with van der Waals surface area (Å²) in [6.45, 7) is 3.02. The minimum atomic E-state index is -4.62. The van der Waals surface area contributed by atoms with Crippen LogP contribution in [0.4, 0.5) is 13.2 Å². The van der Waals surface area contributed by atoms with Crippen LogP contribution >= 0.6 is 0 Å².